The smallest absolute Gasteiger partial charge is 0.217 e. The van der Waals surface area contributed by atoms with Crippen LogP contribution < -0.4 is 4.74 Å². The van der Waals surface area contributed by atoms with Crippen molar-refractivity contribution in [3.05, 3.63) is 64.8 Å². The zero-order chi connectivity index (χ0) is 28.8. The number of rotatable bonds is 9. The van der Waals surface area contributed by atoms with Gasteiger partial charge in [0.2, 0.25) is 17.6 Å². The molecular formula is C31H28N4O5S. The molecule has 41 heavy (non-hydrogen) atoms. The second-order valence-corrected chi connectivity index (χ2v) is 11.3. The third kappa shape index (κ3) is 4.36. The Balaban J connectivity index is 1.34. The number of methoxy groups -OCH3 is 1. The van der Waals surface area contributed by atoms with Crippen LogP contribution in [-0.2, 0) is 27.3 Å². The van der Waals surface area contributed by atoms with Gasteiger partial charge >= 0.3 is 0 Å². The van der Waals surface area contributed by atoms with Gasteiger partial charge in [-0.05, 0) is 31.9 Å². The minimum absolute atomic E-state index is 0.0625. The molecule has 0 amide bonds. The number of aromatic nitrogens is 3. The summed E-state index contributed by atoms with van der Waals surface area (Å²) in [4.78, 5) is 8.93. The second kappa shape index (κ2) is 10.3. The van der Waals surface area contributed by atoms with Gasteiger partial charge in [0.05, 0.1) is 58.7 Å². The molecule has 0 saturated carbocycles. The number of terminal acetylenes is 1. The molecule has 2 aromatic carbocycles. The highest BCUT2D eigenvalue weighted by Crippen LogP contribution is 2.65. The number of fused-ring (bicyclic) bond motifs is 6. The van der Waals surface area contributed by atoms with Gasteiger partial charge in [-0.3, -0.25) is 4.57 Å². The zero-order valence-electron chi connectivity index (χ0n) is 22.7. The summed E-state index contributed by atoms with van der Waals surface area (Å²) in [5.41, 5.74) is 1.35. The quantitative estimate of drug-likeness (QED) is 0.158. The number of ether oxygens (including phenoxy) is 3. The lowest BCUT2D eigenvalue weighted by Gasteiger charge is -2.26. The largest absolute Gasteiger partial charge is 0.494 e. The van der Waals surface area contributed by atoms with Crippen LogP contribution >= 0.6 is 11.8 Å². The highest BCUT2D eigenvalue weighted by Gasteiger charge is 2.61. The van der Waals surface area contributed by atoms with E-state index in [9.17, 15) is 15.5 Å². The number of nitrogens with zero attached hydrogens (tertiary/aromatic N) is 4. The molecule has 2 aromatic heterocycles. The fourth-order valence-electron chi connectivity index (χ4n) is 6.15. The van der Waals surface area contributed by atoms with Gasteiger partial charge in [-0.15, -0.1) is 6.42 Å². The molecule has 0 unspecified atom stereocenters. The Morgan fingerprint density at radius 2 is 1.90 bits per heavy atom. The summed E-state index contributed by atoms with van der Waals surface area (Å²) in [6, 6.07) is 14.9. The second-order valence-electron chi connectivity index (χ2n) is 10.4. The summed E-state index contributed by atoms with van der Waals surface area (Å²) < 4.78 is 19.4. The molecule has 4 aromatic rings. The van der Waals surface area contributed by atoms with Gasteiger partial charge in [0, 0.05) is 30.4 Å². The Kier molecular flexibility index (Phi) is 6.79. The summed E-state index contributed by atoms with van der Waals surface area (Å²) in [6.45, 7) is 2.50. The minimum atomic E-state index is -0.845. The molecule has 0 radical (unpaired) electrons. The third-order valence-corrected chi connectivity index (χ3v) is 8.61. The topological polar surface area (TPSA) is 123 Å². The maximum Gasteiger partial charge on any atom is 0.217 e. The van der Waals surface area contributed by atoms with Crippen molar-refractivity contribution in [2.24, 2.45) is 0 Å². The molecule has 1 saturated heterocycles. The SMILES string of the molecule is C#CCSc1nc(COC)cc(OCC[C@]23CC[C@](C)(O2)c2c3c(O)n(-c3ccc(C#N)c4ccccc34)c2O)n1. The number of thioether (sulfide) groups is 1. The summed E-state index contributed by atoms with van der Waals surface area (Å²) in [6.07, 6.45) is 7.17. The number of benzene rings is 2. The maximum atomic E-state index is 11.7. The fourth-order valence-corrected chi connectivity index (χ4v) is 6.70. The van der Waals surface area contributed by atoms with Crippen molar-refractivity contribution in [2.75, 3.05) is 19.5 Å². The lowest BCUT2D eigenvalue weighted by Crippen LogP contribution is -2.25. The Bertz CT molecular complexity index is 1760. The molecule has 2 aliphatic heterocycles. The molecule has 2 aliphatic rings. The standard InChI is InChI=1S/C31H28N4O5S/c1-4-15-41-29-33-20(18-38-3)16-24(34-29)39-14-13-31-12-11-30(2,40-31)25-26(31)28(37)35(27(25)36)23-10-9-19(17-32)21-7-5-6-8-22(21)23/h1,5-10,16,36-37H,11-15,18H2,2-3H3/t30-,31-/m0/s1. The number of nitriles is 1. The van der Waals surface area contributed by atoms with Crippen LogP contribution in [0.5, 0.6) is 17.6 Å². The molecule has 208 valence electrons. The molecule has 10 heteroatoms. The van der Waals surface area contributed by atoms with Crippen LogP contribution in [0.4, 0.5) is 0 Å². The molecule has 2 N–H and O–H groups in total. The van der Waals surface area contributed by atoms with Gasteiger partial charge < -0.3 is 24.4 Å². The van der Waals surface area contributed by atoms with Crippen LogP contribution in [0.2, 0.25) is 0 Å². The molecule has 9 nitrogen and oxygen atoms in total. The lowest BCUT2D eigenvalue weighted by molar-refractivity contribution is -0.0877. The van der Waals surface area contributed by atoms with Crippen LogP contribution in [0.3, 0.4) is 0 Å². The Labute approximate surface area is 241 Å². The van der Waals surface area contributed by atoms with Crippen molar-refractivity contribution in [2.45, 2.75) is 49.2 Å². The first-order valence-corrected chi connectivity index (χ1v) is 14.2. The molecule has 0 aliphatic carbocycles. The maximum absolute atomic E-state index is 11.7. The van der Waals surface area contributed by atoms with Crippen molar-refractivity contribution in [3.63, 3.8) is 0 Å². The van der Waals surface area contributed by atoms with Crippen molar-refractivity contribution >= 4 is 22.5 Å². The zero-order valence-corrected chi connectivity index (χ0v) is 23.5. The first kappa shape index (κ1) is 27.0. The van der Waals surface area contributed by atoms with Gasteiger partial charge in [-0.25, -0.2) is 4.98 Å². The highest BCUT2D eigenvalue weighted by atomic mass is 32.2. The normalized spacial score (nSPS) is 20.6. The van der Waals surface area contributed by atoms with Crippen LogP contribution in [0.25, 0.3) is 16.5 Å². The van der Waals surface area contributed by atoms with Crippen LogP contribution in [-0.4, -0.2) is 44.2 Å². The number of aromatic hydroxyl groups is 2. The van der Waals surface area contributed by atoms with Crippen LogP contribution in [0.15, 0.2) is 47.6 Å². The summed E-state index contributed by atoms with van der Waals surface area (Å²) >= 11 is 1.34. The van der Waals surface area contributed by atoms with Crippen molar-refractivity contribution in [3.8, 4) is 41.7 Å². The summed E-state index contributed by atoms with van der Waals surface area (Å²) in [5.74, 6) is 3.26. The lowest BCUT2D eigenvalue weighted by atomic mass is 9.78. The third-order valence-electron chi connectivity index (χ3n) is 7.86. The van der Waals surface area contributed by atoms with E-state index >= 15 is 0 Å². The Morgan fingerprint density at radius 3 is 2.66 bits per heavy atom. The number of hydrogen-bond donors (Lipinski definition) is 2. The van der Waals surface area contributed by atoms with Gasteiger partial charge in [-0.2, -0.15) is 10.2 Å². The van der Waals surface area contributed by atoms with E-state index in [4.69, 9.17) is 20.6 Å². The van der Waals surface area contributed by atoms with Gasteiger partial charge in [0.25, 0.3) is 0 Å². The van der Waals surface area contributed by atoms with E-state index in [1.54, 1.807) is 25.3 Å². The molecule has 2 bridgehead atoms. The van der Waals surface area contributed by atoms with Crippen molar-refractivity contribution < 1.29 is 24.4 Å². The molecule has 2 atom stereocenters. The Hall–Kier alpha value is -4.22. The van der Waals surface area contributed by atoms with E-state index in [0.29, 0.717) is 70.7 Å². The Morgan fingerprint density at radius 1 is 1.12 bits per heavy atom. The average molecular weight is 569 g/mol. The molecule has 0 spiro atoms. The van der Waals surface area contributed by atoms with E-state index in [2.05, 4.69) is 22.0 Å². The van der Waals surface area contributed by atoms with Crippen molar-refractivity contribution in [1.82, 2.24) is 14.5 Å². The van der Waals surface area contributed by atoms with Crippen LogP contribution in [0.1, 0.15) is 48.6 Å². The first-order chi connectivity index (χ1) is 19.8. The molecule has 6 rings (SSSR count). The van der Waals surface area contributed by atoms with Crippen LogP contribution in [0, 0.1) is 23.7 Å². The van der Waals surface area contributed by atoms with Gasteiger partial charge in [-0.1, -0.05) is 41.9 Å². The molecule has 4 heterocycles. The highest BCUT2D eigenvalue weighted by molar-refractivity contribution is 7.99. The summed E-state index contributed by atoms with van der Waals surface area (Å²) in [5, 5.41) is 34.8. The fraction of sp³-hybridized carbons (Fsp3) is 0.323. The van der Waals surface area contributed by atoms with Crippen molar-refractivity contribution in [1.29, 1.82) is 5.26 Å². The summed E-state index contributed by atoms with van der Waals surface area (Å²) in [7, 11) is 1.59. The van der Waals surface area contributed by atoms with E-state index in [1.165, 1.54) is 16.3 Å². The van der Waals surface area contributed by atoms with Gasteiger partial charge in [0.15, 0.2) is 5.16 Å². The van der Waals surface area contributed by atoms with E-state index in [1.807, 2.05) is 31.2 Å². The van der Waals surface area contributed by atoms with E-state index < -0.39 is 11.2 Å². The predicted molar refractivity (Wildman–Crippen MR) is 153 cm³/mol. The van der Waals surface area contributed by atoms with E-state index in [0.717, 1.165) is 10.8 Å². The predicted octanol–water partition coefficient (Wildman–Crippen LogP) is 5.28. The number of hydrogen-bond acceptors (Lipinski definition) is 9. The monoisotopic (exact) mass is 568 g/mol. The molecule has 1 fully saturated rings. The average Bonchev–Trinajstić information content (AvgIpc) is 3.55. The van der Waals surface area contributed by atoms with E-state index in [-0.39, 0.29) is 18.4 Å². The first-order valence-electron chi connectivity index (χ1n) is 13.2. The van der Waals surface area contributed by atoms with Gasteiger partial charge in [0.1, 0.15) is 5.60 Å². The molecular weight excluding hydrogens is 540 g/mol. The minimum Gasteiger partial charge on any atom is -0.494 e.